The highest BCUT2D eigenvalue weighted by atomic mass is 16.5. The first-order valence-corrected chi connectivity index (χ1v) is 10.5. The van der Waals surface area contributed by atoms with Gasteiger partial charge in [-0.05, 0) is 60.4 Å². The molecule has 1 unspecified atom stereocenters. The third kappa shape index (κ3) is 3.75. The molecular weight excluding hydrogens is 372 g/mol. The number of nitrogens with zero attached hydrogens (tertiary/aromatic N) is 2. The molecule has 1 aliphatic heterocycles. The molecule has 2 aromatic carbocycles. The fourth-order valence-electron chi connectivity index (χ4n) is 4.59. The van der Waals surface area contributed by atoms with Gasteiger partial charge in [0.1, 0.15) is 6.29 Å². The zero-order chi connectivity index (χ0) is 21.0. The van der Waals surface area contributed by atoms with Crippen LogP contribution in [-0.4, -0.2) is 37.6 Å². The number of pyridine rings is 1. The molecule has 3 aromatic rings. The van der Waals surface area contributed by atoms with Crippen LogP contribution < -0.4 is 4.90 Å². The zero-order valence-corrected chi connectivity index (χ0v) is 17.7. The number of hydrogen-bond acceptors (Lipinski definition) is 4. The Labute approximate surface area is 178 Å². The number of rotatable bonds is 6. The smallest absolute Gasteiger partial charge is 0.121 e. The van der Waals surface area contributed by atoms with Gasteiger partial charge in [0.05, 0.1) is 18.6 Å². The lowest BCUT2D eigenvalue weighted by Gasteiger charge is -2.36. The third-order valence-electron chi connectivity index (χ3n) is 6.12. The number of aromatic nitrogens is 1. The minimum atomic E-state index is -0.551. The summed E-state index contributed by atoms with van der Waals surface area (Å²) in [7, 11) is 0. The predicted octanol–water partition coefficient (Wildman–Crippen LogP) is 4.46. The van der Waals surface area contributed by atoms with Crippen molar-refractivity contribution in [2.45, 2.75) is 25.7 Å². The summed E-state index contributed by atoms with van der Waals surface area (Å²) >= 11 is 0. The largest absolute Gasteiger partial charge is 0.378 e. The summed E-state index contributed by atoms with van der Waals surface area (Å²) in [5, 5.41) is 0. The highest BCUT2D eigenvalue weighted by Crippen LogP contribution is 2.43. The van der Waals surface area contributed by atoms with Crippen molar-refractivity contribution in [2.24, 2.45) is 0 Å². The average Bonchev–Trinajstić information content (AvgIpc) is 2.79. The number of aldehydes is 1. The summed E-state index contributed by atoms with van der Waals surface area (Å²) in [6, 6.07) is 21.2. The molecule has 1 aromatic heterocycles. The lowest BCUT2D eigenvalue weighted by atomic mass is 9.66. The highest BCUT2D eigenvalue weighted by molar-refractivity contribution is 5.64. The Morgan fingerprint density at radius 1 is 1.00 bits per heavy atom. The molecule has 1 atom stereocenters. The van der Waals surface area contributed by atoms with Gasteiger partial charge in [-0.15, -0.1) is 0 Å². The molecule has 2 heterocycles. The first-order chi connectivity index (χ1) is 14.6. The van der Waals surface area contributed by atoms with E-state index in [4.69, 9.17) is 4.74 Å². The van der Waals surface area contributed by atoms with Gasteiger partial charge < -0.3 is 14.4 Å². The van der Waals surface area contributed by atoms with Crippen LogP contribution in [0.5, 0.6) is 0 Å². The molecule has 4 heteroatoms. The highest BCUT2D eigenvalue weighted by Gasteiger charge is 2.37. The Morgan fingerprint density at radius 2 is 1.73 bits per heavy atom. The molecule has 30 heavy (non-hydrogen) atoms. The Bertz CT molecular complexity index is 1010. The topological polar surface area (TPSA) is 42.4 Å². The second kappa shape index (κ2) is 8.80. The van der Waals surface area contributed by atoms with Crippen LogP contribution in [0, 0.1) is 13.8 Å². The number of carbonyl (C=O) groups excluding carboxylic acids is 1. The van der Waals surface area contributed by atoms with Crippen LogP contribution in [0.1, 0.15) is 34.4 Å². The standard InChI is InChI=1S/C26H28N2O2/c1-20-5-3-4-6-25(20)26(12-16-29,23-11-13-27-21(2)19-23)22-7-9-24(10-8-22)28-14-17-30-18-15-28/h3-11,13,16,19H,12,14-15,17-18H2,1-2H3. The first kappa shape index (κ1) is 20.3. The van der Waals surface area contributed by atoms with Crippen molar-refractivity contribution in [1.29, 1.82) is 0 Å². The van der Waals surface area contributed by atoms with Crippen molar-refractivity contribution in [3.63, 3.8) is 0 Å². The maximum absolute atomic E-state index is 12.0. The summed E-state index contributed by atoms with van der Waals surface area (Å²) in [5.41, 5.74) is 6.12. The summed E-state index contributed by atoms with van der Waals surface area (Å²) in [6.45, 7) is 7.44. The van der Waals surface area contributed by atoms with E-state index in [1.807, 2.05) is 25.3 Å². The van der Waals surface area contributed by atoms with E-state index in [-0.39, 0.29) is 0 Å². The van der Waals surface area contributed by atoms with Crippen molar-refractivity contribution in [2.75, 3.05) is 31.2 Å². The average molecular weight is 401 g/mol. The molecule has 4 nitrogen and oxygen atoms in total. The molecule has 1 aliphatic rings. The van der Waals surface area contributed by atoms with E-state index in [9.17, 15) is 4.79 Å². The number of ether oxygens (including phenoxy) is 1. The van der Waals surface area contributed by atoms with Crippen LogP contribution in [0.2, 0.25) is 0 Å². The van der Waals surface area contributed by atoms with Crippen molar-refractivity contribution >= 4 is 12.0 Å². The summed E-state index contributed by atoms with van der Waals surface area (Å²) < 4.78 is 5.48. The van der Waals surface area contributed by atoms with Crippen molar-refractivity contribution < 1.29 is 9.53 Å². The predicted molar refractivity (Wildman–Crippen MR) is 120 cm³/mol. The third-order valence-corrected chi connectivity index (χ3v) is 6.12. The normalized spacial score (nSPS) is 16.1. The van der Waals surface area contributed by atoms with E-state index in [0.717, 1.165) is 55.0 Å². The van der Waals surface area contributed by atoms with Gasteiger partial charge in [0.2, 0.25) is 0 Å². The van der Waals surface area contributed by atoms with E-state index in [1.165, 1.54) is 11.3 Å². The quantitative estimate of drug-likeness (QED) is 0.573. The Kier molecular flexibility index (Phi) is 5.96. The van der Waals surface area contributed by atoms with Crippen LogP contribution >= 0.6 is 0 Å². The molecule has 0 amide bonds. The Morgan fingerprint density at radius 3 is 2.40 bits per heavy atom. The van der Waals surface area contributed by atoms with E-state index < -0.39 is 5.41 Å². The maximum Gasteiger partial charge on any atom is 0.121 e. The van der Waals surface area contributed by atoms with Crippen molar-refractivity contribution in [3.05, 3.63) is 94.8 Å². The van der Waals surface area contributed by atoms with E-state index in [2.05, 4.69) is 65.3 Å². The number of hydrogen-bond donors (Lipinski definition) is 0. The van der Waals surface area contributed by atoms with Crippen molar-refractivity contribution in [3.8, 4) is 0 Å². The monoisotopic (exact) mass is 400 g/mol. The molecular formula is C26H28N2O2. The number of benzene rings is 2. The molecule has 4 rings (SSSR count). The van der Waals surface area contributed by atoms with Crippen LogP contribution in [0.4, 0.5) is 5.69 Å². The second-order valence-electron chi connectivity index (χ2n) is 7.92. The van der Waals surface area contributed by atoms with E-state index in [0.29, 0.717) is 6.42 Å². The lowest BCUT2D eigenvalue weighted by Crippen LogP contribution is -2.36. The van der Waals surface area contributed by atoms with Gasteiger partial charge in [0.25, 0.3) is 0 Å². The fraction of sp³-hybridized carbons (Fsp3) is 0.308. The van der Waals surface area contributed by atoms with Gasteiger partial charge in [0, 0.05) is 37.1 Å². The van der Waals surface area contributed by atoms with Gasteiger partial charge >= 0.3 is 0 Å². The minimum absolute atomic E-state index is 0.373. The van der Waals surface area contributed by atoms with Crippen LogP contribution in [0.15, 0.2) is 66.9 Å². The number of aryl methyl sites for hydroxylation is 2. The lowest BCUT2D eigenvalue weighted by molar-refractivity contribution is -0.108. The number of anilines is 1. The van der Waals surface area contributed by atoms with Gasteiger partial charge in [0.15, 0.2) is 0 Å². The van der Waals surface area contributed by atoms with E-state index >= 15 is 0 Å². The molecule has 0 bridgehead atoms. The van der Waals surface area contributed by atoms with Gasteiger partial charge in [-0.3, -0.25) is 4.98 Å². The van der Waals surface area contributed by atoms with Gasteiger partial charge in [-0.2, -0.15) is 0 Å². The molecule has 0 spiro atoms. The SMILES string of the molecule is Cc1cc(C(CC=O)(c2ccc(N3CCOCC3)cc2)c2ccccc2C)ccn1. The van der Waals surface area contributed by atoms with Gasteiger partial charge in [-0.25, -0.2) is 0 Å². The first-order valence-electron chi connectivity index (χ1n) is 10.5. The fourth-order valence-corrected chi connectivity index (χ4v) is 4.59. The Hall–Kier alpha value is -2.98. The summed E-state index contributed by atoms with van der Waals surface area (Å²) in [4.78, 5) is 18.8. The Balaban J connectivity index is 1.88. The zero-order valence-electron chi connectivity index (χ0n) is 17.7. The van der Waals surface area contributed by atoms with Crippen LogP contribution in [0.25, 0.3) is 0 Å². The number of morpholine rings is 1. The molecule has 1 saturated heterocycles. The van der Waals surface area contributed by atoms with Crippen molar-refractivity contribution in [1.82, 2.24) is 4.98 Å². The molecule has 0 N–H and O–H groups in total. The molecule has 0 radical (unpaired) electrons. The van der Waals surface area contributed by atoms with Crippen LogP contribution in [-0.2, 0) is 14.9 Å². The second-order valence-corrected chi connectivity index (χ2v) is 7.92. The molecule has 154 valence electrons. The molecule has 0 saturated carbocycles. The maximum atomic E-state index is 12.0. The van der Waals surface area contributed by atoms with Gasteiger partial charge in [-0.1, -0.05) is 36.4 Å². The molecule has 0 aliphatic carbocycles. The molecule has 1 fully saturated rings. The summed E-state index contributed by atoms with van der Waals surface area (Å²) in [6.07, 6.45) is 3.25. The van der Waals surface area contributed by atoms with Crippen LogP contribution in [0.3, 0.4) is 0 Å². The minimum Gasteiger partial charge on any atom is -0.378 e. The number of carbonyl (C=O) groups is 1. The van der Waals surface area contributed by atoms with E-state index in [1.54, 1.807) is 0 Å². The summed E-state index contributed by atoms with van der Waals surface area (Å²) in [5.74, 6) is 0.